The van der Waals surface area contributed by atoms with Crippen LogP contribution in [-0.2, 0) is 0 Å². The maximum Gasteiger partial charge on any atom is 0.151 e. The molecule has 0 aliphatic carbocycles. The highest BCUT2D eigenvalue weighted by atomic mass is 19.1. The van der Waals surface area contributed by atoms with Crippen molar-refractivity contribution in [2.75, 3.05) is 7.05 Å². The highest BCUT2D eigenvalue weighted by Crippen LogP contribution is 2.26. The lowest BCUT2D eigenvalue weighted by Gasteiger charge is -2.09. The van der Waals surface area contributed by atoms with Crippen molar-refractivity contribution < 1.29 is 4.39 Å². The molecule has 2 aromatic carbocycles. The molecule has 0 aliphatic heterocycles. The second-order valence-electron chi connectivity index (χ2n) is 6.54. The second kappa shape index (κ2) is 7.65. The fraction of sp³-hybridized carbons (Fsp3) is 0.273. The van der Waals surface area contributed by atoms with E-state index in [1.54, 1.807) is 19.4 Å². The van der Waals surface area contributed by atoms with Gasteiger partial charge in [0.1, 0.15) is 11.8 Å². The molecule has 3 aromatic rings. The number of hydrogen-bond donors (Lipinski definition) is 0. The van der Waals surface area contributed by atoms with Gasteiger partial charge in [-0.15, -0.1) is 0 Å². The maximum atomic E-state index is 14.6. The molecule has 0 amide bonds. The molecule has 26 heavy (non-hydrogen) atoms. The van der Waals surface area contributed by atoms with Gasteiger partial charge in [0.25, 0.3) is 0 Å². The number of nitrogens with zero attached hydrogens (tertiary/aromatic N) is 3. The molecule has 4 heteroatoms. The molecule has 0 unspecified atom stereocenters. The van der Waals surface area contributed by atoms with Crippen LogP contribution in [0.1, 0.15) is 43.4 Å². The summed E-state index contributed by atoms with van der Waals surface area (Å²) in [6.45, 7) is 6.21. The Bertz CT molecular complexity index is 996. The topological polar surface area (TPSA) is 30.2 Å². The molecule has 0 radical (unpaired) electrons. The number of aromatic nitrogens is 2. The Balaban J connectivity index is 2.13. The largest absolute Gasteiger partial charge is 0.299 e. The van der Waals surface area contributed by atoms with Crippen molar-refractivity contribution in [3.8, 4) is 5.69 Å². The van der Waals surface area contributed by atoms with Gasteiger partial charge in [0, 0.05) is 18.9 Å². The van der Waals surface area contributed by atoms with Gasteiger partial charge in [0.15, 0.2) is 5.82 Å². The Kier molecular flexibility index (Phi) is 5.31. The van der Waals surface area contributed by atoms with Crippen molar-refractivity contribution in [2.45, 2.75) is 33.6 Å². The molecular weight excluding hydrogens is 325 g/mol. The van der Waals surface area contributed by atoms with Crippen LogP contribution < -0.4 is 0 Å². The molecule has 0 aliphatic rings. The van der Waals surface area contributed by atoms with E-state index in [1.807, 2.05) is 42.8 Å². The number of aliphatic imine (C=N–C) groups is 1. The van der Waals surface area contributed by atoms with Crippen molar-refractivity contribution in [1.29, 1.82) is 0 Å². The normalized spacial score (nSPS) is 12.4. The van der Waals surface area contributed by atoms with Crippen LogP contribution in [0.5, 0.6) is 0 Å². The summed E-state index contributed by atoms with van der Waals surface area (Å²) in [4.78, 5) is 8.36. The molecule has 0 atom stereocenters. The summed E-state index contributed by atoms with van der Waals surface area (Å²) in [6, 6.07) is 9.70. The van der Waals surface area contributed by atoms with Crippen LogP contribution in [0.15, 0.2) is 47.7 Å². The van der Waals surface area contributed by atoms with Crippen LogP contribution in [0.2, 0.25) is 0 Å². The van der Waals surface area contributed by atoms with E-state index in [0.717, 1.165) is 46.3 Å². The zero-order chi connectivity index (χ0) is 18.7. The van der Waals surface area contributed by atoms with Crippen molar-refractivity contribution in [2.24, 2.45) is 4.99 Å². The van der Waals surface area contributed by atoms with Crippen LogP contribution in [0.25, 0.3) is 22.3 Å². The summed E-state index contributed by atoms with van der Waals surface area (Å²) in [5, 5.41) is 0. The monoisotopic (exact) mass is 349 g/mol. The summed E-state index contributed by atoms with van der Waals surface area (Å²) in [7, 11) is 1.76. The minimum Gasteiger partial charge on any atom is -0.299 e. The Morgan fingerprint density at radius 2 is 2.08 bits per heavy atom. The molecule has 0 saturated heterocycles. The Morgan fingerprint density at radius 1 is 1.27 bits per heavy atom. The lowest BCUT2D eigenvalue weighted by molar-refractivity contribution is 0.637. The van der Waals surface area contributed by atoms with Crippen LogP contribution in [-0.4, -0.2) is 22.8 Å². The van der Waals surface area contributed by atoms with E-state index in [1.165, 1.54) is 0 Å². The van der Waals surface area contributed by atoms with Gasteiger partial charge in [-0.1, -0.05) is 25.5 Å². The van der Waals surface area contributed by atoms with Gasteiger partial charge in [-0.05, 0) is 66.8 Å². The van der Waals surface area contributed by atoms with Crippen LogP contribution in [0.4, 0.5) is 4.39 Å². The number of benzene rings is 2. The van der Waals surface area contributed by atoms with Gasteiger partial charge in [0.05, 0.1) is 5.52 Å². The number of hydrogen-bond acceptors (Lipinski definition) is 2. The molecule has 0 bridgehead atoms. The van der Waals surface area contributed by atoms with E-state index < -0.39 is 0 Å². The smallest absolute Gasteiger partial charge is 0.151 e. The average Bonchev–Trinajstić information content (AvgIpc) is 3.06. The average molecular weight is 349 g/mol. The van der Waals surface area contributed by atoms with Gasteiger partial charge in [-0.25, -0.2) is 9.37 Å². The number of halogens is 1. The SMILES string of the molecule is CCC/C=C(\C)c1cc(F)c2ncn(-c3ccc(C=NC)c(C)c3)c2c1. The standard InChI is InChI=1S/C22H24FN3/c1-5-6-7-15(2)18-11-20(23)22-21(12-18)26(14-25-22)19-9-8-17(13-24-4)16(3)10-19/h7-14H,5-6H2,1-4H3/b15-7+,24-13?. The number of fused-ring (bicyclic) bond motifs is 1. The Hall–Kier alpha value is -2.75. The zero-order valence-corrected chi connectivity index (χ0v) is 15.8. The Morgan fingerprint density at radius 3 is 2.77 bits per heavy atom. The van der Waals surface area contributed by atoms with E-state index >= 15 is 0 Å². The summed E-state index contributed by atoms with van der Waals surface area (Å²) in [5.41, 5.74) is 6.32. The molecule has 134 valence electrons. The molecule has 1 aromatic heterocycles. The Labute approximate surface area is 153 Å². The predicted molar refractivity (Wildman–Crippen MR) is 108 cm³/mol. The quantitative estimate of drug-likeness (QED) is 0.541. The minimum atomic E-state index is -0.285. The van der Waals surface area contributed by atoms with Gasteiger partial charge >= 0.3 is 0 Å². The van der Waals surface area contributed by atoms with E-state index in [2.05, 4.69) is 29.0 Å². The predicted octanol–water partition coefficient (Wildman–Crippen LogP) is 5.73. The number of unbranched alkanes of at least 4 members (excludes halogenated alkanes) is 1. The molecule has 0 saturated carbocycles. The first kappa shape index (κ1) is 18.1. The number of rotatable bonds is 5. The number of aryl methyl sites for hydroxylation is 1. The fourth-order valence-electron chi connectivity index (χ4n) is 3.08. The highest BCUT2D eigenvalue weighted by molar-refractivity contribution is 5.84. The van der Waals surface area contributed by atoms with E-state index in [4.69, 9.17) is 0 Å². The van der Waals surface area contributed by atoms with Crippen molar-refractivity contribution >= 4 is 22.8 Å². The van der Waals surface area contributed by atoms with Crippen molar-refractivity contribution in [3.63, 3.8) is 0 Å². The molecule has 1 heterocycles. The molecular formula is C22H24FN3. The van der Waals surface area contributed by atoms with Gasteiger partial charge in [0.2, 0.25) is 0 Å². The highest BCUT2D eigenvalue weighted by Gasteiger charge is 2.12. The lowest BCUT2D eigenvalue weighted by Crippen LogP contribution is -1.96. The first-order valence-corrected chi connectivity index (χ1v) is 8.92. The van der Waals surface area contributed by atoms with Gasteiger partial charge in [-0.3, -0.25) is 9.56 Å². The summed E-state index contributed by atoms with van der Waals surface area (Å²) < 4.78 is 16.5. The van der Waals surface area contributed by atoms with Gasteiger partial charge in [-0.2, -0.15) is 0 Å². The first-order valence-electron chi connectivity index (χ1n) is 8.92. The molecule has 3 nitrogen and oxygen atoms in total. The number of allylic oxidation sites excluding steroid dienone is 2. The van der Waals surface area contributed by atoms with Crippen LogP contribution in [0.3, 0.4) is 0 Å². The third-order valence-corrected chi connectivity index (χ3v) is 4.60. The zero-order valence-electron chi connectivity index (χ0n) is 15.8. The third kappa shape index (κ3) is 3.45. The fourth-order valence-corrected chi connectivity index (χ4v) is 3.08. The maximum absolute atomic E-state index is 14.6. The van der Waals surface area contributed by atoms with Crippen molar-refractivity contribution in [3.05, 3.63) is 65.2 Å². The number of imidazole rings is 1. The van der Waals surface area contributed by atoms with Crippen LogP contribution >= 0.6 is 0 Å². The summed E-state index contributed by atoms with van der Waals surface area (Å²) in [5.74, 6) is -0.285. The van der Waals surface area contributed by atoms with Gasteiger partial charge < -0.3 is 0 Å². The van der Waals surface area contributed by atoms with Crippen LogP contribution in [0, 0.1) is 12.7 Å². The minimum absolute atomic E-state index is 0.285. The van der Waals surface area contributed by atoms with E-state index in [0.29, 0.717) is 5.52 Å². The summed E-state index contributed by atoms with van der Waals surface area (Å²) in [6.07, 6.45) is 7.75. The van der Waals surface area contributed by atoms with E-state index in [9.17, 15) is 4.39 Å². The molecule has 0 N–H and O–H groups in total. The molecule has 0 fully saturated rings. The van der Waals surface area contributed by atoms with E-state index in [-0.39, 0.29) is 5.82 Å². The summed E-state index contributed by atoms with van der Waals surface area (Å²) >= 11 is 0. The molecule has 3 rings (SSSR count). The first-order chi connectivity index (χ1) is 12.5. The lowest BCUT2D eigenvalue weighted by atomic mass is 10.0. The van der Waals surface area contributed by atoms with Crippen molar-refractivity contribution in [1.82, 2.24) is 9.55 Å². The second-order valence-corrected chi connectivity index (χ2v) is 6.54. The third-order valence-electron chi connectivity index (χ3n) is 4.60. The molecule has 0 spiro atoms.